The molecule has 0 aromatic rings. The fourth-order valence-electron chi connectivity index (χ4n) is 1.75. The first-order chi connectivity index (χ1) is 8.85. The summed E-state index contributed by atoms with van der Waals surface area (Å²) in [6.07, 6.45) is -4.29. The van der Waals surface area contributed by atoms with Gasteiger partial charge in [-0.25, -0.2) is 0 Å². The van der Waals surface area contributed by atoms with Crippen molar-refractivity contribution >= 4 is 17.9 Å². The van der Waals surface area contributed by atoms with E-state index in [9.17, 15) is 14.4 Å². The van der Waals surface area contributed by atoms with Crippen molar-refractivity contribution in [3.8, 4) is 0 Å². The van der Waals surface area contributed by atoms with E-state index in [1.165, 1.54) is 6.92 Å². The lowest BCUT2D eigenvalue weighted by Gasteiger charge is -2.22. The Kier molecular flexibility index (Phi) is 5.25. The van der Waals surface area contributed by atoms with Crippen molar-refractivity contribution in [3.63, 3.8) is 0 Å². The molecule has 108 valence electrons. The Balaban J connectivity index is 2.90. The van der Waals surface area contributed by atoms with Crippen LogP contribution in [0.3, 0.4) is 0 Å². The van der Waals surface area contributed by atoms with Gasteiger partial charge in [0, 0.05) is 20.8 Å². The monoisotopic (exact) mass is 276 g/mol. The van der Waals surface area contributed by atoms with Gasteiger partial charge < -0.3 is 24.1 Å². The lowest BCUT2D eigenvalue weighted by atomic mass is 10.1. The highest BCUT2D eigenvalue weighted by Gasteiger charge is 2.50. The zero-order valence-corrected chi connectivity index (χ0v) is 10.8. The maximum atomic E-state index is 11.0. The molecule has 0 aromatic heterocycles. The minimum Gasteiger partial charge on any atom is -0.455 e. The van der Waals surface area contributed by atoms with Gasteiger partial charge in [-0.05, 0) is 0 Å². The molecule has 0 aromatic carbocycles. The molecule has 1 heterocycles. The van der Waals surface area contributed by atoms with E-state index in [1.54, 1.807) is 0 Å². The molecule has 1 fully saturated rings. The van der Waals surface area contributed by atoms with Gasteiger partial charge in [-0.15, -0.1) is 0 Å². The average molecular weight is 276 g/mol. The number of hydrogen-bond donors (Lipinski definition) is 1. The number of esters is 3. The van der Waals surface area contributed by atoms with Crippen LogP contribution in [-0.2, 0) is 33.3 Å². The smallest absolute Gasteiger partial charge is 0.305 e. The summed E-state index contributed by atoms with van der Waals surface area (Å²) in [7, 11) is 0. The van der Waals surface area contributed by atoms with Crippen molar-refractivity contribution in [3.05, 3.63) is 0 Å². The van der Waals surface area contributed by atoms with Crippen LogP contribution in [0.4, 0.5) is 0 Å². The Morgan fingerprint density at radius 3 is 1.84 bits per heavy atom. The zero-order chi connectivity index (χ0) is 14.6. The molecule has 0 radical (unpaired) electrons. The number of carbonyl (C=O) groups excluding carboxylic acids is 3. The molecular weight excluding hydrogens is 260 g/mol. The molecule has 0 spiro atoms. The third-order valence-electron chi connectivity index (χ3n) is 2.33. The van der Waals surface area contributed by atoms with Crippen LogP contribution in [0, 0.1) is 0 Å². The molecule has 1 saturated heterocycles. The number of hydrogen-bond acceptors (Lipinski definition) is 8. The minimum atomic E-state index is -1.22. The van der Waals surface area contributed by atoms with Gasteiger partial charge in [0.2, 0.25) is 12.4 Å². The van der Waals surface area contributed by atoms with E-state index in [0.717, 1.165) is 13.8 Å². The Morgan fingerprint density at radius 2 is 1.42 bits per heavy atom. The summed E-state index contributed by atoms with van der Waals surface area (Å²) in [4.78, 5) is 33.0. The normalized spacial score (nSPS) is 29.7. The van der Waals surface area contributed by atoms with Crippen LogP contribution in [0.2, 0.25) is 0 Å². The Hall–Kier alpha value is -1.67. The molecule has 0 aliphatic carbocycles. The third kappa shape index (κ3) is 4.18. The summed E-state index contributed by atoms with van der Waals surface area (Å²) >= 11 is 0. The van der Waals surface area contributed by atoms with Crippen molar-refractivity contribution in [2.45, 2.75) is 45.4 Å². The standard InChI is InChI=1S/C11H16O8/c1-5(13)16-9-8(4-12)19-11(18-7(3)15)10(9)17-6(2)14/h8-12H,4H2,1-3H3/t8-,9+,10+,11-/m1/s1. The number of ether oxygens (including phenoxy) is 4. The second-order valence-electron chi connectivity index (χ2n) is 3.98. The van der Waals surface area contributed by atoms with Gasteiger partial charge in [0.05, 0.1) is 6.61 Å². The van der Waals surface area contributed by atoms with Crippen LogP contribution in [0.1, 0.15) is 20.8 Å². The van der Waals surface area contributed by atoms with Crippen LogP contribution in [-0.4, -0.2) is 54.2 Å². The van der Waals surface area contributed by atoms with E-state index < -0.39 is 49.1 Å². The second kappa shape index (κ2) is 6.48. The maximum absolute atomic E-state index is 11.0. The SMILES string of the molecule is CC(=O)O[C@@H]1O[C@H](CO)[C@H](OC(C)=O)[C@@H]1OC(C)=O. The van der Waals surface area contributed by atoms with E-state index in [4.69, 9.17) is 24.1 Å². The van der Waals surface area contributed by atoms with Crippen LogP contribution < -0.4 is 0 Å². The summed E-state index contributed by atoms with van der Waals surface area (Å²) in [5, 5.41) is 9.16. The summed E-state index contributed by atoms with van der Waals surface area (Å²) in [6.45, 7) is 3.00. The molecule has 1 aliphatic heterocycles. The Labute approximate surface area is 109 Å². The summed E-state index contributed by atoms with van der Waals surface area (Å²) in [5.74, 6) is -1.93. The molecular formula is C11H16O8. The predicted molar refractivity (Wildman–Crippen MR) is 58.6 cm³/mol. The molecule has 0 saturated carbocycles. The molecule has 8 heteroatoms. The first kappa shape index (κ1) is 15.4. The van der Waals surface area contributed by atoms with Gasteiger partial charge in [0.25, 0.3) is 0 Å². The molecule has 1 N–H and O–H groups in total. The Bertz CT molecular complexity index is 366. The largest absolute Gasteiger partial charge is 0.455 e. The minimum absolute atomic E-state index is 0.479. The van der Waals surface area contributed by atoms with E-state index >= 15 is 0 Å². The van der Waals surface area contributed by atoms with E-state index in [2.05, 4.69) is 0 Å². The van der Waals surface area contributed by atoms with Crippen molar-refractivity contribution in [1.29, 1.82) is 0 Å². The average Bonchev–Trinajstić information content (AvgIpc) is 2.55. The number of carbonyl (C=O) groups is 3. The number of aliphatic hydroxyl groups is 1. The first-order valence-corrected chi connectivity index (χ1v) is 5.63. The van der Waals surface area contributed by atoms with Crippen LogP contribution >= 0.6 is 0 Å². The summed E-state index contributed by atoms with van der Waals surface area (Å²) < 4.78 is 19.9. The van der Waals surface area contributed by atoms with E-state index in [-0.39, 0.29) is 0 Å². The molecule has 4 atom stereocenters. The van der Waals surface area contributed by atoms with Crippen LogP contribution in [0.5, 0.6) is 0 Å². The van der Waals surface area contributed by atoms with Crippen molar-refractivity contribution in [2.24, 2.45) is 0 Å². The Morgan fingerprint density at radius 1 is 0.947 bits per heavy atom. The van der Waals surface area contributed by atoms with Crippen molar-refractivity contribution < 1.29 is 38.4 Å². The lowest BCUT2D eigenvalue weighted by Crippen LogP contribution is -2.41. The molecule has 1 rings (SSSR count). The van der Waals surface area contributed by atoms with E-state index in [1.807, 2.05) is 0 Å². The fourth-order valence-corrected chi connectivity index (χ4v) is 1.75. The predicted octanol–water partition coefficient (Wildman–Crippen LogP) is -0.870. The highest BCUT2D eigenvalue weighted by molar-refractivity contribution is 5.68. The topological polar surface area (TPSA) is 108 Å². The first-order valence-electron chi connectivity index (χ1n) is 5.63. The molecule has 8 nitrogen and oxygen atoms in total. The summed E-state index contributed by atoms with van der Waals surface area (Å²) in [5.41, 5.74) is 0. The third-order valence-corrected chi connectivity index (χ3v) is 2.33. The van der Waals surface area contributed by atoms with E-state index in [0.29, 0.717) is 0 Å². The van der Waals surface area contributed by atoms with Gasteiger partial charge in [0.1, 0.15) is 6.10 Å². The van der Waals surface area contributed by atoms with Gasteiger partial charge in [-0.2, -0.15) is 0 Å². The molecule has 0 amide bonds. The van der Waals surface area contributed by atoms with Crippen LogP contribution in [0.15, 0.2) is 0 Å². The highest BCUT2D eigenvalue weighted by Crippen LogP contribution is 2.27. The fraction of sp³-hybridized carbons (Fsp3) is 0.727. The number of rotatable bonds is 4. The maximum Gasteiger partial charge on any atom is 0.305 e. The lowest BCUT2D eigenvalue weighted by molar-refractivity contribution is -0.196. The van der Waals surface area contributed by atoms with Crippen molar-refractivity contribution in [1.82, 2.24) is 0 Å². The van der Waals surface area contributed by atoms with Crippen LogP contribution in [0.25, 0.3) is 0 Å². The van der Waals surface area contributed by atoms with Gasteiger partial charge >= 0.3 is 17.9 Å². The molecule has 19 heavy (non-hydrogen) atoms. The highest BCUT2D eigenvalue weighted by atomic mass is 16.7. The second-order valence-corrected chi connectivity index (χ2v) is 3.98. The molecule has 1 aliphatic rings. The van der Waals surface area contributed by atoms with Crippen molar-refractivity contribution in [2.75, 3.05) is 6.61 Å². The molecule has 0 unspecified atom stereocenters. The van der Waals surface area contributed by atoms with Gasteiger partial charge in [0.15, 0.2) is 6.10 Å². The van der Waals surface area contributed by atoms with Gasteiger partial charge in [-0.3, -0.25) is 14.4 Å². The molecule has 0 bridgehead atoms. The van der Waals surface area contributed by atoms with Gasteiger partial charge in [-0.1, -0.05) is 0 Å². The quantitative estimate of drug-likeness (QED) is 0.521. The number of aliphatic hydroxyl groups excluding tert-OH is 1. The zero-order valence-electron chi connectivity index (χ0n) is 10.8. The summed E-state index contributed by atoms with van der Waals surface area (Å²) in [6, 6.07) is 0.